The van der Waals surface area contributed by atoms with E-state index in [1.165, 1.54) is 7.05 Å². The van der Waals surface area contributed by atoms with E-state index in [1.807, 2.05) is 0 Å². The summed E-state index contributed by atoms with van der Waals surface area (Å²) in [7, 11) is -1.90. The van der Waals surface area contributed by atoms with Crippen molar-refractivity contribution in [3.05, 3.63) is 33.8 Å². The number of sulfonamides is 1. The summed E-state index contributed by atoms with van der Waals surface area (Å²) >= 11 is 12.3. The molecule has 0 spiro atoms. The third-order valence-electron chi connectivity index (χ3n) is 3.62. The molecule has 0 saturated carbocycles. The van der Waals surface area contributed by atoms with Gasteiger partial charge in [0.25, 0.3) is 0 Å². The van der Waals surface area contributed by atoms with Crippen LogP contribution in [0.25, 0.3) is 0 Å². The molecule has 0 bridgehead atoms. The molecule has 7 heteroatoms. The van der Waals surface area contributed by atoms with Crippen LogP contribution in [0.1, 0.15) is 12.0 Å². The first-order valence-electron chi connectivity index (χ1n) is 6.38. The average Bonchev–Trinajstić information content (AvgIpc) is 2.43. The number of hydrogen-bond acceptors (Lipinski definition) is 3. The summed E-state index contributed by atoms with van der Waals surface area (Å²) in [5, 5.41) is 0.640. The highest BCUT2D eigenvalue weighted by Crippen LogP contribution is 2.31. The SMILES string of the molecule is CNS(=O)(=O)[C@@H]1CCOC[C@@H]1Cc1c(Cl)cccc1Cl. The largest absolute Gasteiger partial charge is 0.381 e. The van der Waals surface area contributed by atoms with Gasteiger partial charge in [0.15, 0.2) is 0 Å². The zero-order valence-corrected chi connectivity index (χ0v) is 13.4. The predicted molar refractivity (Wildman–Crippen MR) is 80.9 cm³/mol. The molecule has 4 nitrogen and oxygen atoms in total. The Labute approximate surface area is 129 Å². The summed E-state index contributed by atoms with van der Waals surface area (Å²) in [6.45, 7) is 0.853. The van der Waals surface area contributed by atoms with E-state index in [-0.39, 0.29) is 5.92 Å². The second kappa shape index (κ2) is 6.62. The van der Waals surface area contributed by atoms with Gasteiger partial charge in [-0.25, -0.2) is 13.1 Å². The van der Waals surface area contributed by atoms with Gasteiger partial charge in [-0.3, -0.25) is 0 Å². The van der Waals surface area contributed by atoms with E-state index in [2.05, 4.69) is 4.72 Å². The Hall–Kier alpha value is -0.330. The van der Waals surface area contributed by atoms with Gasteiger partial charge in [-0.2, -0.15) is 0 Å². The summed E-state index contributed by atoms with van der Waals surface area (Å²) in [4.78, 5) is 0. The molecule has 0 aliphatic carbocycles. The summed E-state index contributed by atoms with van der Waals surface area (Å²) in [5.74, 6) is -0.154. The number of halogens is 2. The second-order valence-electron chi connectivity index (χ2n) is 4.82. The maximum Gasteiger partial charge on any atom is 0.214 e. The zero-order valence-electron chi connectivity index (χ0n) is 11.1. The molecule has 112 valence electrons. The lowest BCUT2D eigenvalue weighted by molar-refractivity contribution is 0.0571. The Bertz CT molecular complexity index is 557. The van der Waals surface area contributed by atoms with Crippen LogP contribution >= 0.6 is 23.2 Å². The van der Waals surface area contributed by atoms with Gasteiger partial charge in [0, 0.05) is 22.6 Å². The quantitative estimate of drug-likeness (QED) is 0.918. The van der Waals surface area contributed by atoms with Crippen LogP contribution in [0.3, 0.4) is 0 Å². The first kappa shape index (κ1) is 16.0. The minimum Gasteiger partial charge on any atom is -0.381 e. The Morgan fingerprint density at radius 2 is 2.00 bits per heavy atom. The maximum atomic E-state index is 12.1. The number of rotatable bonds is 4. The van der Waals surface area contributed by atoms with Crippen LogP contribution in [0.15, 0.2) is 18.2 Å². The molecule has 20 heavy (non-hydrogen) atoms. The summed E-state index contributed by atoms with van der Waals surface area (Å²) in [5.41, 5.74) is 0.780. The van der Waals surface area contributed by atoms with Crippen molar-refractivity contribution in [2.45, 2.75) is 18.1 Å². The molecule has 1 saturated heterocycles. The fraction of sp³-hybridized carbons (Fsp3) is 0.538. The maximum absolute atomic E-state index is 12.1. The van der Waals surface area contributed by atoms with Gasteiger partial charge >= 0.3 is 0 Å². The number of benzene rings is 1. The van der Waals surface area contributed by atoms with E-state index in [4.69, 9.17) is 27.9 Å². The monoisotopic (exact) mass is 337 g/mol. The molecule has 2 rings (SSSR count). The standard InChI is InChI=1S/C13H17Cl2NO3S/c1-16-20(17,18)13-5-6-19-8-9(13)7-10-11(14)3-2-4-12(10)15/h2-4,9,13,16H,5-8H2,1H3/t9-,13+/m0/s1. The fourth-order valence-corrected chi connectivity index (χ4v) is 4.46. The van der Waals surface area contributed by atoms with Crippen molar-refractivity contribution in [2.75, 3.05) is 20.3 Å². The minimum absolute atomic E-state index is 0.154. The predicted octanol–water partition coefficient (Wildman–Crippen LogP) is 2.49. The lowest BCUT2D eigenvalue weighted by atomic mass is 9.93. The summed E-state index contributed by atoms with van der Waals surface area (Å²) in [6, 6.07) is 5.29. The molecule has 1 aromatic rings. The molecule has 1 aliphatic heterocycles. The number of ether oxygens (including phenoxy) is 1. The lowest BCUT2D eigenvalue weighted by Gasteiger charge is -2.31. The van der Waals surface area contributed by atoms with Crippen LogP contribution < -0.4 is 4.72 Å². The van der Waals surface area contributed by atoms with Gasteiger partial charge in [-0.15, -0.1) is 0 Å². The van der Waals surface area contributed by atoms with Crippen molar-refractivity contribution >= 4 is 33.2 Å². The van der Waals surface area contributed by atoms with Crippen molar-refractivity contribution in [3.63, 3.8) is 0 Å². The summed E-state index contributed by atoms with van der Waals surface area (Å²) < 4.78 is 32.0. The smallest absolute Gasteiger partial charge is 0.214 e. The van der Waals surface area contributed by atoms with Crippen molar-refractivity contribution in [1.29, 1.82) is 0 Å². The van der Waals surface area contributed by atoms with E-state index < -0.39 is 15.3 Å². The van der Waals surface area contributed by atoms with Gasteiger partial charge in [-0.05, 0) is 37.6 Å². The van der Waals surface area contributed by atoms with E-state index in [9.17, 15) is 8.42 Å². The van der Waals surface area contributed by atoms with Crippen LogP contribution in [0, 0.1) is 5.92 Å². The average molecular weight is 338 g/mol. The Balaban J connectivity index is 2.26. The molecule has 0 amide bonds. The number of nitrogens with one attached hydrogen (secondary N) is 1. The highest BCUT2D eigenvalue weighted by molar-refractivity contribution is 7.90. The number of hydrogen-bond donors (Lipinski definition) is 1. The minimum atomic E-state index is -3.33. The van der Waals surface area contributed by atoms with Gasteiger partial charge in [0.2, 0.25) is 10.0 Å². The molecule has 1 heterocycles. The van der Waals surface area contributed by atoms with Gasteiger partial charge in [-0.1, -0.05) is 29.3 Å². The van der Waals surface area contributed by atoms with Crippen LogP contribution in [0.4, 0.5) is 0 Å². The third kappa shape index (κ3) is 3.46. The molecular weight excluding hydrogens is 321 g/mol. The van der Waals surface area contributed by atoms with E-state index in [0.717, 1.165) is 5.56 Å². The van der Waals surface area contributed by atoms with E-state index >= 15 is 0 Å². The van der Waals surface area contributed by atoms with Crippen molar-refractivity contribution in [2.24, 2.45) is 5.92 Å². The van der Waals surface area contributed by atoms with Crippen molar-refractivity contribution < 1.29 is 13.2 Å². The molecule has 1 fully saturated rings. The van der Waals surface area contributed by atoms with Crippen LogP contribution in [0.5, 0.6) is 0 Å². The highest BCUT2D eigenvalue weighted by Gasteiger charge is 2.35. The Kier molecular flexibility index (Phi) is 5.31. The molecule has 1 aromatic carbocycles. The first-order valence-corrected chi connectivity index (χ1v) is 8.69. The van der Waals surface area contributed by atoms with Crippen LogP contribution in [-0.2, 0) is 21.2 Å². The molecule has 0 radical (unpaired) electrons. The summed E-state index contributed by atoms with van der Waals surface area (Å²) in [6.07, 6.45) is 0.972. The zero-order chi connectivity index (χ0) is 14.8. The lowest BCUT2D eigenvalue weighted by Crippen LogP contribution is -2.43. The van der Waals surface area contributed by atoms with Gasteiger partial charge in [0.05, 0.1) is 11.9 Å². The molecule has 0 aromatic heterocycles. The van der Waals surface area contributed by atoms with Gasteiger partial charge < -0.3 is 4.74 Å². The van der Waals surface area contributed by atoms with E-state index in [1.54, 1.807) is 18.2 Å². The van der Waals surface area contributed by atoms with Crippen molar-refractivity contribution in [1.82, 2.24) is 4.72 Å². The second-order valence-corrected chi connectivity index (χ2v) is 7.73. The van der Waals surface area contributed by atoms with Gasteiger partial charge in [0.1, 0.15) is 0 Å². The topological polar surface area (TPSA) is 55.4 Å². The highest BCUT2D eigenvalue weighted by atomic mass is 35.5. The molecule has 1 aliphatic rings. The molecular formula is C13H17Cl2NO3S. The molecule has 1 N–H and O–H groups in total. The first-order chi connectivity index (χ1) is 9.45. The molecule has 2 atom stereocenters. The normalized spacial score (nSPS) is 23.8. The van der Waals surface area contributed by atoms with E-state index in [0.29, 0.717) is 36.1 Å². The molecule has 0 unspecified atom stereocenters. The Morgan fingerprint density at radius 1 is 1.35 bits per heavy atom. The van der Waals surface area contributed by atoms with Crippen LogP contribution in [0.2, 0.25) is 10.0 Å². The Morgan fingerprint density at radius 3 is 2.60 bits per heavy atom. The van der Waals surface area contributed by atoms with Crippen molar-refractivity contribution in [3.8, 4) is 0 Å². The third-order valence-corrected chi connectivity index (χ3v) is 6.31. The van der Waals surface area contributed by atoms with Crippen LogP contribution in [-0.4, -0.2) is 33.9 Å². The fourth-order valence-electron chi connectivity index (χ4n) is 2.52.